The van der Waals surface area contributed by atoms with Crippen LogP contribution in [0.1, 0.15) is 38.4 Å². The number of rotatable bonds is 4. The van der Waals surface area contributed by atoms with E-state index >= 15 is 0 Å². The van der Waals surface area contributed by atoms with Crippen LogP contribution in [0.25, 0.3) is 0 Å². The molecule has 2 aliphatic rings. The van der Waals surface area contributed by atoms with Crippen LogP contribution < -0.4 is 19.5 Å². The molecular weight excluding hydrogens is 309 g/mol. The average molecular weight is 344 g/mol. The van der Waals surface area contributed by atoms with Crippen molar-refractivity contribution in [1.29, 1.82) is 0 Å². The van der Waals surface area contributed by atoms with Gasteiger partial charge in [0.2, 0.25) is 6.75 Å². The van der Waals surface area contributed by atoms with Gasteiger partial charge in [0.25, 0.3) is 0 Å². The second-order valence-electron chi connectivity index (χ2n) is 4.69. The highest BCUT2D eigenvalue weighted by molar-refractivity contribution is 5.46. The molecule has 1 N–H and O–H groups in total. The SMILES string of the molecule is [2H]c1c([2H])c([C@@H]2C([2H])([2H])C([2H])([2H])NC([2H])([2H])C2([2H])C([2H])([2H])Oc2ccc3c(c2)OC([2H])([2H])O3)c([2H])c([2H])c1F. The predicted octanol–water partition coefficient (Wildman–Crippen LogP) is 3.33. The third-order valence-electron chi connectivity index (χ3n) is 3.16. The fraction of sp³-hybridized carbons (Fsp3) is 0.368. The van der Waals surface area contributed by atoms with Crippen molar-refractivity contribution in [2.75, 3.05) is 26.3 Å². The fourth-order valence-corrected chi connectivity index (χ4v) is 2.04. The third-order valence-corrected chi connectivity index (χ3v) is 3.16. The minimum atomic E-state index is -3.65. The van der Waals surface area contributed by atoms with Crippen molar-refractivity contribution in [3.8, 4) is 17.2 Å². The third kappa shape index (κ3) is 3.17. The topological polar surface area (TPSA) is 39.7 Å². The second-order valence-corrected chi connectivity index (χ2v) is 4.69. The average Bonchev–Trinajstić information content (AvgIpc) is 3.09. The molecule has 2 heterocycles. The molecule has 2 aromatic rings. The Morgan fingerprint density at radius 3 is 3.04 bits per heavy atom. The molecule has 4 rings (SSSR count). The van der Waals surface area contributed by atoms with E-state index in [1.807, 2.05) is 0 Å². The van der Waals surface area contributed by atoms with E-state index in [-0.39, 0.29) is 11.5 Å². The van der Waals surface area contributed by atoms with Crippen molar-refractivity contribution < 1.29 is 39.2 Å². The Labute approximate surface area is 161 Å². The zero-order chi connectivity index (χ0) is 29.7. The van der Waals surface area contributed by atoms with E-state index in [2.05, 4.69) is 0 Å². The molecule has 1 fully saturated rings. The smallest absolute Gasteiger partial charge is 0.231 e. The number of benzene rings is 2. The molecule has 2 aliphatic heterocycles. The molecular formula is C19H20FNO3. The van der Waals surface area contributed by atoms with Gasteiger partial charge in [-0.25, -0.2) is 4.39 Å². The Morgan fingerprint density at radius 2 is 2.17 bits per heavy atom. The summed E-state index contributed by atoms with van der Waals surface area (Å²) in [5.41, 5.74) is -1.13. The first-order valence-electron chi connectivity index (χ1n) is 14.3. The molecule has 24 heavy (non-hydrogen) atoms. The maximum absolute atomic E-state index is 14.3. The minimum absolute atomic E-state index is 0.0967. The maximum atomic E-state index is 14.3. The van der Waals surface area contributed by atoms with E-state index in [9.17, 15) is 4.39 Å². The fourth-order valence-electron chi connectivity index (χ4n) is 2.04. The van der Waals surface area contributed by atoms with Gasteiger partial charge in [0, 0.05) is 28.1 Å². The van der Waals surface area contributed by atoms with Crippen molar-refractivity contribution in [2.45, 2.75) is 12.3 Å². The van der Waals surface area contributed by atoms with E-state index in [1.165, 1.54) is 0 Å². The molecule has 0 radical (unpaired) electrons. The van der Waals surface area contributed by atoms with Gasteiger partial charge in [-0.05, 0) is 48.6 Å². The van der Waals surface area contributed by atoms with Crippen molar-refractivity contribution >= 4 is 0 Å². The standard InChI is InChI=1S/C19H20FNO3/c20-15-3-1-13(2-4-15)17-7-8-21-10-14(17)11-22-16-5-6-18-19(9-16)24-12-23-18/h1-6,9,14,17,21H,7-8,10-12H2/t14?,17-/m0/s1/i1D,2D,3D,4D,7D2,8D2,10D2,11D2,12D2,14D. The Morgan fingerprint density at radius 1 is 1.33 bits per heavy atom. The molecule has 5 heteroatoms. The predicted molar refractivity (Wildman–Crippen MR) is 88.2 cm³/mol. The van der Waals surface area contributed by atoms with Crippen LogP contribution in [0.5, 0.6) is 17.2 Å². The zero-order valence-corrected chi connectivity index (χ0v) is 11.9. The van der Waals surface area contributed by atoms with E-state index in [1.54, 1.807) is 5.32 Å². The first-order valence-corrected chi connectivity index (χ1v) is 6.77. The van der Waals surface area contributed by atoms with Crippen LogP contribution in [0, 0.1) is 11.7 Å². The van der Waals surface area contributed by atoms with E-state index in [0.717, 1.165) is 18.2 Å². The van der Waals surface area contributed by atoms with Crippen LogP contribution in [-0.2, 0) is 0 Å². The van der Waals surface area contributed by atoms with Crippen molar-refractivity contribution in [3.05, 3.63) is 53.7 Å². The molecule has 2 atom stereocenters. The molecule has 0 spiro atoms. The lowest BCUT2D eigenvalue weighted by molar-refractivity contribution is 0.173. The van der Waals surface area contributed by atoms with Crippen LogP contribution in [-0.4, -0.2) is 26.3 Å². The molecule has 0 saturated carbocycles. The second kappa shape index (κ2) is 6.69. The molecule has 0 amide bonds. The molecule has 0 aromatic heterocycles. The van der Waals surface area contributed by atoms with E-state index in [4.69, 9.17) is 34.8 Å². The highest BCUT2D eigenvalue weighted by Crippen LogP contribution is 2.36. The van der Waals surface area contributed by atoms with Gasteiger partial charge in [0.05, 0.1) is 14.8 Å². The lowest BCUT2D eigenvalue weighted by atomic mass is 9.81. The summed E-state index contributed by atoms with van der Waals surface area (Å²) in [5, 5.41) is 1.64. The molecule has 1 unspecified atom stereocenters. The van der Waals surface area contributed by atoms with Crippen LogP contribution in [0.4, 0.5) is 4.39 Å². The van der Waals surface area contributed by atoms with Crippen LogP contribution in [0.3, 0.4) is 0 Å². The summed E-state index contributed by atoms with van der Waals surface area (Å²) in [7, 11) is 0. The van der Waals surface area contributed by atoms with Crippen molar-refractivity contribution in [1.82, 2.24) is 5.32 Å². The van der Waals surface area contributed by atoms with Crippen LogP contribution in [0.15, 0.2) is 42.4 Å². The van der Waals surface area contributed by atoms with Gasteiger partial charge >= 0.3 is 0 Å². The minimum Gasteiger partial charge on any atom is -0.493 e. The Kier molecular flexibility index (Phi) is 1.65. The quantitative estimate of drug-likeness (QED) is 0.924. The lowest BCUT2D eigenvalue weighted by Crippen LogP contribution is -2.38. The molecule has 4 nitrogen and oxygen atoms in total. The molecule has 126 valence electrons. The lowest BCUT2D eigenvalue weighted by Gasteiger charge is -2.32. The Balaban J connectivity index is 1.95. The van der Waals surface area contributed by atoms with E-state index < -0.39 is 85.8 Å². The molecule has 0 bridgehead atoms. The summed E-state index contributed by atoms with van der Waals surface area (Å²) in [4.78, 5) is 0. The number of hydrogen-bond acceptors (Lipinski definition) is 4. The summed E-state index contributed by atoms with van der Waals surface area (Å²) in [5.74, 6) is -8.84. The van der Waals surface area contributed by atoms with Gasteiger partial charge in [-0.3, -0.25) is 0 Å². The number of nitrogens with one attached hydrogen (secondary N) is 1. The van der Waals surface area contributed by atoms with Crippen molar-refractivity contribution in [3.63, 3.8) is 0 Å². The summed E-state index contributed by atoms with van der Waals surface area (Å²) in [6.07, 6.45) is -3.51. The molecule has 0 aliphatic carbocycles. The van der Waals surface area contributed by atoms with Gasteiger partial charge in [-0.1, -0.05) is 12.1 Å². The van der Waals surface area contributed by atoms with Gasteiger partial charge in [-0.2, -0.15) is 0 Å². The highest BCUT2D eigenvalue weighted by Gasteiger charge is 2.27. The van der Waals surface area contributed by atoms with E-state index in [0.29, 0.717) is 0 Å². The molecule has 1 saturated heterocycles. The van der Waals surface area contributed by atoms with Gasteiger partial charge in [0.1, 0.15) is 14.3 Å². The highest BCUT2D eigenvalue weighted by atomic mass is 19.1. The summed E-state index contributed by atoms with van der Waals surface area (Å²) < 4.78 is 153. The van der Waals surface area contributed by atoms with Crippen LogP contribution in [0.2, 0.25) is 0 Å². The van der Waals surface area contributed by atoms with Gasteiger partial charge < -0.3 is 19.5 Å². The maximum Gasteiger partial charge on any atom is 0.231 e. The first kappa shape index (κ1) is 5.92. The van der Waals surface area contributed by atoms with Gasteiger partial charge in [-0.15, -0.1) is 0 Å². The van der Waals surface area contributed by atoms with Crippen LogP contribution >= 0.6 is 0 Å². The number of halogens is 1. The zero-order valence-electron chi connectivity index (χ0n) is 26.9. The van der Waals surface area contributed by atoms with Gasteiger partial charge in [0.15, 0.2) is 11.5 Å². The summed E-state index contributed by atoms with van der Waals surface area (Å²) in [6.45, 7) is -13.1. The largest absolute Gasteiger partial charge is 0.493 e. The monoisotopic (exact) mass is 344 g/mol. The summed E-state index contributed by atoms with van der Waals surface area (Å²) in [6, 6.07) is -2.02. The first-order chi connectivity index (χ1) is 17.5. The number of hydrogen-bond donors (Lipinski definition) is 1. The summed E-state index contributed by atoms with van der Waals surface area (Å²) >= 11 is 0. The Bertz CT molecular complexity index is 1320. The normalized spacial score (nSPS) is 43.5. The number of ether oxygens (including phenoxy) is 3. The molecule has 2 aromatic carbocycles. The van der Waals surface area contributed by atoms with Crippen molar-refractivity contribution in [2.24, 2.45) is 5.89 Å². The Hall–Kier alpha value is -2.27. The number of fused-ring (bicyclic) bond motifs is 1. The number of piperidine rings is 1.